The van der Waals surface area contributed by atoms with Crippen LogP contribution in [0.2, 0.25) is 0 Å². The zero-order valence-corrected chi connectivity index (χ0v) is 28.9. The van der Waals surface area contributed by atoms with Crippen molar-refractivity contribution in [1.29, 1.82) is 10.5 Å². The second kappa shape index (κ2) is 12.2. The molecule has 0 spiro atoms. The Labute approximate surface area is 313 Å². The third-order valence-electron chi connectivity index (χ3n) is 10.9. The predicted octanol–water partition coefficient (Wildman–Crippen LogP) is 12.4. The Kier molecular flexibility index (Phi) is 6.99. The van der Waals surface area contributed by atoms with Crippen LogP contribution >= 0.6 is 0 Å². The SMILES string of the molecule is [C-]#[N+]/C(=C1/c2ccccc2-c2c3c(c4c(c21)-c1ccccc1/C4=C(/C#N)c1ccccc1)-c1ccccc1/C3=C(/C#N)c1ccccc1)c1ccccc1. The fourth-order valence-corrected chi connectivity index (χ4v) is 8.83. The first kappa shape index (κ1) is 31.0. The molecule has 3 aliphatic rings. The summed E-state index contributed by atoms with van der Waals surface area (Å²) in [6.07, 6.45) is 0. The summed E-state index contributed by atoms with van der Waals surface area (Å²) in [5.41, 5.74) is 18.7. The summed E-state index contributed by atoms with van der Waals surface area (Å²) in [5, 5.41) is 22.2. The second-order valence-electron chi connectivity index (χ2n) is 13.5. The molecule has 0 radical (unpaired) electrons. The van der Waals surface area contributed by atoms with Crippen LogP contribution in [0.1, 0.15) is 50.1 Å². The molecule has 0 heterocycles. The van der Waals surface area contributed by atoms with Crippen molar-refractivity contribution < 1.29 is 0 Å². The molecule has 0 aliphatic heterocycles. The zero-order chi connectivity index (χ0) is 36.3. The van der Waals surface area contributed by atoms with E-state index in [4.69, 9.17) is 6.57 Å². The molecule has 3 heteroatoms. The normalized spacial score (nSPS) is 15.3. The summed E-state index contributed by atoms with van der Waals surface area (Å²) < 4.78 is 0. The lowest BCUT2D eigenvalue weighted by Crippen LogP contribution is -1.99. The highest BCUT2D eigenvalue weighted by atomic mass is 14.7. The Hall–Kier alpha value is -7.77. The molecule has 10 rings (SSSR count). The highest BCUT2D eigenvalue weighted by Crippen LogP contribution is 2.65. The maximum atomic E-state index is 11.1. The first-order valence-electron chi connectivity index (χ1n) is 17.9. The van der Waals surface area contributed by atoms with Gasteiger partial charge >= 0.3 is 0 Å². The van der Waals surface area contributed by atoms with E-state index in [0.717, 1.165) is 100 Å². The molecule has 0 fully saturated rings. The lowest BCUT2D eigenvalue weighted by Gasteiger charge is -2.20. The number of allylic oxidation sites excluding steroid dienone is 2. The van der Waals surface area contributed by atoms with Crippen molar-refractivity contribution in [3.05, 3.63) is 225 Å². The molecule has 0 atom stereocenters. The number of nitrogens with zero attached hydrogens (tertiary/aromatic N) is 3. The molecule has 0 N–H and O–H groups in total. The van der Waals surface area contributed by atoms with E-state index < -0.39 is 0 Å². The summed E-state index contributed by atoms with van der Waals surface area (Å²) in [4.78, 5) is 4.29. The van der Waals surface area contributed by atoms with Crippen molar-refractivity contribution in [2.45, 2.75) is 0 Å². The molecule has 246 valence electrons. The molecule has 0 saturated carbocycles. The van der Waals surface area contributed by atoms with E-state index in [2.05, 4.69) is 71.6 Å². The number of rotatable bonds is 3. The van der Waals surface area contributed by atoms with Crippen molar-refractivity contribution in [2.24, 2.45) is 0 Å². The van der Waals surface area contributed by atoms with E-state index in [-0.39, 0.29) is 0 Å². The average Bonchev–Trinajstić information content (AvgIpc) is 3.87. The van der Waals surface area contributed by atoms with E-state index in [1.807, 2.05) is 109 Å². The van der Waals surface area contributed by atoms with Gasteiger partial charge in [-0.25, -0.2) is 4.85 Å². The number of fused-ring (bicyclic) bond motifs is 12. The summed E-state index contributed by atoms with van der Waals surface area (Å²) in [7, 11) is 0. The molecule has 0 bridgehead atoms. The molecule has 3 nitrogen and oxygen atoms in total. The quantitative estimate of drug-likeness (QED) is 0.138. The van der Waals surface area contributed by atoms with Gasteiger partial charge in [0.1, 0.15) is 12.1 Å². The second-order valence-corrected chi connectivity index (χ2v) is 13.5. The lowest BCUT2D eigenvalue weighted by molar-refractivity contribution is 1.51. The van der Waals surface area contributed by atoms with Gasteiger partial charge in [0.25, 0.3) is 0 Å². The number of nitriles is 2. The molecule has 3 aliphatic carbocycles. The Bertz CT molecular complexity index is 2630. The summed E-state index contributed by atoms with van der Waals surface area (Å²) in [5.74, 6) is 0. The van der Waals surface area contributed by atoms with Crippen LogP contribution in [0.3, 0.4) is 0 Å². The Morgan fingerprint density at radius 1 is 0.352 bits per heavy atom. The molecule has 0 saturated heterocycles. The van der Waals surface area contributed by atoms with E-state index in [1.165, 1.54) is 0 Å². The summed E-state index contributed by atoms with van der Waals surface area (Å²) >= 11 is 0. The van der Waals surface area contributed by atoms with E-state index in [9.17, 15) is 10.5 Å². The molecule has 0 unspecified atom stereocenters. The predicted molar refractivity (Wildman–Crippen MR) is 218 cm³/mol. The maximum absolute atomic E-state index is 11.1. The van der Waals surface area contributed by atoms with Gasteiger partial charge in [-0.15, -0.1) is 0 Å². The van der Waals surface area contributed by atoms with Gasteiger partial charge in [-0.05, 0) is 77.9 Å². The van der Waals surface area contributed by atoms with Crippen molar-refractivity contribution >= 4 is 33.6 Å². The topological polar surface area (TPSA) is 51.9 Å². The first-order chi connectivity index (χ1) is 26.7. The van der Waals surface area contributed by atoms with Crippen molar-refractivity contribution in [3.8, 4) is 45.5 Å². The molecule has 7 aromatic rings. The monoisotopic (exact) mass is 681 g/mol. The minimum absolute atomic E-state index is 0.562. The molecule has 7 aromatic carbocycles. The summed E-state index contributed by atoms with van der Waals surface area (Å²) in [6, 6.07) is 60.1. The van der Waals surface area contributed by atoms with Crippen LogP contribution < -0.4 is 0 Å². The third-order valence-corrected chi connectivity index (χ3v) is 10.9. The van der Waals surface area contributed by atoms with E-state index >= 15 is 0 Å². The standard InChI is InChI=1S/C51H27N3/c1-54-51(33-21-9-4-10-22-33)47-39-28-16-15-27-38(39)46-49-42(40(29-52)31-17-5-2-6-18-31)34-23-11-13-25-36(34)44(49)48-43(41(30-53)32-19-7-3-8-20-32)35-24-12-14-26-37(35)45(48)50(46)47/h2-28H/b42-40+,43-41+,51-47-. The van der Waals surface area contributed by atoms with Gasteiger partial charge in [0, 0.05) is 22.3 Å². The molecular weight excluding hydrogens is 655 g/mol. The smallest absolute Gasteiger partial charge is 0.202 e. The Morgan fingerprint density at radius 2 is 0.648 bits per heavy atom. The van der Waals surface area contributed by atoms with Crippen LogP contribution in [0, 0.1) is 29.2 Å². The lowest BCUT2D eigenvalue weighted by atomic mass is 9.81. The molecule has 54 heavy (non-hydrogen) atoms. The van der Waals surface area contributed by atoms with Gasteiger partial charge < -0.3 is 0 Å². The van der Waals surface area contributed by atoms with Crippen LogP contribution in [0.15, 0.2) is 164 Å². The van der Waals surface area contributed by atoms with Crippen LogP contribution in [-0.2, 0) is 0 Å². The Balaban J connectivity index is 1.51. The van der Waals surface area contributed by atoms with E-state index in [0.29, 0.717) is 16.8 Å². The van der Waals surface area contributed by atoms with Crippen LogP contribution in [0.25, 0.3) is 71.8 Å². The van der Waals surface area contributed by atoms with Gasteiger partial charge in [0.15, 0.2) is 0 Å². The van der Waals surface area contributed by atoms with Gasteiger partial charge in [0.2, 0.25) is 5.70 Å². The molecule has 0 aromatic heterocycles. The van der Waals surface area contributed by atoms with Crippen LogP contribution in [-0.4, -0.2) is 0 Å². The number of benzene rings is 7. The van der Waals surface area contributed by atoms with Gasteiger partial charge in [-0.3, -0.25) is 0 Å². The maximum Gasteiger partial charge on any atom is 0.202 e. The molecular formula is C51H27N3. The fraction of sp³-hybridized carbons (Fsp3) is 0. The number of hydrogen-bond donors (Lipinski definition) is 0. The van der Waals surface area contributed by atoms with Gasteiger partial charge in [0.05, 0.1) is 17.7 Å². The average molecular weight is 682 g/mol. The van der Waals surface area contributed by atoms with Crippen LogP contribution in [0.5, 0.6) is 0 Å². The van der Waals surface area contributed by atoms with Crippen molar-refractivity contribution in [1.82, 2.24) is 0 Å². The van der Waals surface area contributed by atoms with Gasteiger partial charge in [-0.1, -0.05) is 164 Å². The minimum Gasteiger partial charge on any atom is -0.237 e. The Morgan fingerprint density at radius 3 is 1.00 bits per heavy atom. The largest absolute Gasteiger partial charge is 0.237 e. The summed E-state index contributed by atoms with van der Waals surface area (Å²) in [6.45, 7) is 8.71. The third kappa shape index (κ3) is 4.26. The molecule has 0 amide bonds. The van der Waals surface area contributed by atoms with Crippen molar-refractivity contribution in [2.75, 3.05) is 0 Å². The number of hydrogen-bond acceptors (Lipinski definition) is 2. The highest BCUT2D eigenvalue weighted by Gasteiger charge is 2.44. The first-order valence-corrected chi connectivity index (χ1v) is 17.9. The highest BCUT2D eigenvalue weighted by molar-refractivity contribution is 6.29. The minimum atomic E-state index is 0.562. The van der Waals surface area contributed by atoms with Crippen molar-refractivity contribution in [3.63, 3.8) is 0 Å². The fourth-order valence-electron chi connectivity index (χ4n) is 8.83. The van der Waals surface area contributed by atoms with Gasteiger partial charge in [-0.2, -0.15) is 10.5 Å². The zero-order valence-electron chi connectivity index (χ0n) is 28.9. The van der Waals surface area contributed by atoms with E-state index in [1.54, 1.807) is 0 Å². The van der Waals surface area contributed by atoms with Crippen LogP contribution in [0.4, 0.5) is 0 Å².